The minimum absolute atomic E-state index is 0.0399. The van der Waals surface area contributed by atoms with Crippen LogP contribution in [0.3, 0.4) is 0 Å². The monoisotopic (exact) mass is 658 g/mol. The van der Waals surface area contributed by atoms with Crippen molar-refractivity contribution in [1.82, 2.24) is 15.2 Å². The van der Waals surface area contributed by atoms with E-state index < -0.39 is 56.9 Å². The van der Waals surface area contributed by atoms with Crippen LogP contribution in [0.25, 0.3) is 10.8 Å². The summed E-state index contributed by atoms with van der Waals surface area (Å²) in [5, 5.41) is 16.7. The number of aliphatic hydroxyl groups excluding tert-OH is 1. The molecule has 3 rings (SSSR count). The molecular weight excluding hydrogens is 625 g/mol. The van der Waals surface area contributed by atoms with Crippen LogP contribution in [0, 0.1) is 11.6 Å². The summed E-state index contributed by atoms with van der Waals surface area (Å²) >= 11 is 5.98. The minimum Gasteiger partial charge on any atom is -0.447 e. The smallest absolute Gasteiger partial charge is 0.447 e. The number of pyridine rings is 1. The average molecular weight is 659 g/mol. The molecule has 0 radical (unpaired) electrons. The number of carbonyl (C=O) groups is 2. The summed E-state index contributed by atoms with van der Waals surface area (Å²) < 4.78 is 60.7. The van der Waals surface area contributed by atoms with E-state index in [4.69, 9.17) is 29.9 Å². The number of benzene rings is 2. The van der Waals surface area contributed by atoms with Gasteiger partial charge in [-0.3, -0.25) is 18.9 Å². The average Bonchev–Trinajstić information content (AvgIpc) is 2.98. The Hall–Kier alpha value is -3.39. The van der Waals surface area contributed by atoms with E-state index in [0.29, 0.717) is 16.3 Å². The maximum Gasteiger partial charge on any atom is 0.474 e. The molecule has 3 aromatic rings. The van der Waals surface area contributed by atoms with Gasteiger partial charge in [0.2, 0.25) is 0 Å². The third kappa shape index (κ3) is 10.4. The first kappa shape index (κ1) is 35.1. The van der Waals surface area contributed by atoms with Gasteiger partial charge in [0.15, 0.2) is 0 Å². The lowest BCUT2D eigenvalue weighted by Gasteiger charge is -2.30. The molecule has 0 aliphatic heterocycles. The molecule has 2 atom stereocenters. The van der Waals surface area contributed by atoms with E-state index in [9.17, 15) is 28.0 Å². The number of likely N-dealkylation sites (N-methyl/N-ethyl adjacent to an activating group) is 1. The number of urea groups is 1. The third-order valence-corrected chi connectivity index (χ3v) is 8.23. The maximum absolute atomic E-state index is 13.8. The molecular formula is C28H34ClF2N4O8P. The molecule has 1 aromatic heterocycles. The normalized spacial score (nSPS) is 12.9. The Labute approximate surface area is 258 Å². The highest BCUT2D eigenvalue weighted by Crippen LogP contribution is 2.49. The number of ether oxygens (including phenoxy) is 1. The molecule has 0 bridgehead atoms. The first-order valence-electron chi connectivity index (χ1n) is 13.6. The predicted octanol–water partition coefficient (Wildman–Crippen LogP) is 5.87. The summed E-state index contributed by atoms with van der Waals surface area (Å²) in [5.41, 5.74) is 0.333. The molecule has 1 unspecified atom stereocenters. The van der Waals surface area contributed by atoms with Crippen LogP contribution < -0.4 is 10.6 Å². The summed E-state index contributed by atoms with van der Waals surface area (Å²) in [6.45, 7) is 2.28. The summed E-state index contributed by atoms with van der Waals surface area (Å²) in [6.07, 6.45) is -0.966. The van der Waals surface area contributed by atoms with Gasteiger partial charge in [0.05, 0.1) is 37.0 Å². The van der Waals surface area contributed by atoms with Crippen molar-refractivity contribution in [3.63, 3.8) is 0 Å². The number of rotatable bonds is 15. The fourth-order valence-electron chi connectivity index (χ4n) is 3.96. The SMILES string of the molecule is CCOP(=O)(OCC)OCC(O)C[C@@H](COC(=O)Nc1cc2cc(F)ccc2cn1)N(C)C(=O)NCc1cccc(F)c1Cl. The molecule has 16 heteroatoms. The molecule has 0 spiro atoms. The lowest BCUT2D eigenvalue weighted by Crippen LogP contribution is -2.47. The van der Waals surface area contributed by atoms with Gasteiger partial charge in [0.1, 0.15) is 24.1 Å². The number of nitrogens with zero attached hydrogens (tertiary/aromatic N) is 2. The number of halogens is 3. The number of carbonyl (C=O) groups excluding carboxylic acids is 2. The number of phosphoric acid groups is 1. The number of phosphoric ester groups is 1. The topological polar surface area (TPSA) is 149 Å². The molecule has 1 heterocycles. The molecule has 3 amide bonds. The van der Waals surface area contributed by atoms with Crippen molar-refractivity contribution in [3.8, 4) is 0 Å². The number of anilines is 1. The highest BCUT2D eigenvalue weighted by Gasteiger charge is 2.29. The molecule has 0 saturated carbocycles. The number of hydrogen-bond donors (Lipinski definition) is 3. The second-order valence-corrected chi connectivity index (χ2v) is 11.4. The second-order valence-electron chi connectivity index (χ2n) is 9.39. The zero-order valence-corrected chi connectivity index (χ0v) is 25.9. The summed E-state index contributed by atoms with van der Waals surface area (Å²) in [4.78, 5) is 30.9. The van der Waals surface area contributed by atoms with E-state index in [1.807, 2.05) is 0 Å². The predicted molar refractivity (Wildman–Crippen MR) is 159 cm³/mol. The van der Waals surface area contributed by atoms with Gasteiger partial charge in [-0.15, -0.1) is 0 Å². The minimum atomic E-state index is -3.93. The standard InChI is InChI=1S/C28H34ClF2N4O8P/c1-4-41-44(39,42-5-2)43-17-23(36)13-22(35(3)27(37)33-15-19-7-6-8-24(31)26(19)29)16-40-28(38)34-25-12-20-11-21(30)10-9-18(20)14-32-25/h6-12,14,22-23,36H,4-5,13,15-17H2,1-3H3,(H,33,37)(H,32,34,38)/t22-,23?/m0/s1. The Balaban J connectivity index is 1.68. The first-order valence-corrected chi connectivity index (χ1v) is 15.4. The zero-order chi connectivity index (χ0) is 32.3. The van der Waals surface area contributed by atoms with Gasteiger partial charge in [-0.1, -0.05) is 23.7 Å². The van der Waals surface area contributed by atoms with Crippen LogP contribution in [0.15, 0.2) is 48.7 Å². The van der Waals surface area contributed by atoms with Gasteiger partial charge in [-0.25, -0.2) is 27.9 Å². The van der Waals surface area contributed by atoms with Crippen LogP contribution in [0.2, 0.25) is 5.02 Å². The summed E-state index contributed by atoms with van der Waals surface area (Å²) in [6, 6.07) is 8.17. The van der Waals surface area contributed by atoms with E-state index in [1.54, 1.807) is 26.0 Å². The van der Waals surface area contributed by atoms with Gasteiger partial charge in [0.25, 0.3) is 0 Å². The molecule has 0 fully saturated rings. The van der Waals surface area contributed by atoms with Crippen molar-refractivity contribution in [2.24, 2.45) is 0 Å². The lowest BCUT2D eigenvalue weighted by molar-refractivity contribution is 0.0353. The van der Waals surface area contributed by atoms with Crippen LogP contribution >= 0.6 is 19.4 Å². The van der Waals surface area contributed by atoms with Gasteiger partial charge in [0, 0.05) is 25.2 Å². The van der Waals surface area contributed by atoms with Crippen LogP contribution in [0.1, 0.15) is 25.8 Å². The van der Waals surface area contributed by atoms with E-state index in [-0.39, 0.29) is 37.0 Å². The van der Waals surface area contributed by atoms with Gasteiger partial charge in [-0.05, 0) is 61.5 Å². The van der Waals surface area contributed by atoms with Crippen molar-refractivity contribution in [1.29, 1.82) is 0 Å². The highest BCUT2D eigenvalue weighted by atomic mass is 35.5. The molecule has 44 heavy (non-hydrogen) atoms. The Morgan fingerprint density at radius 3 is 2.50 bits per heavy atom. The van der Waals surface area contributed by atoms with Crippen molar-refractivity contribution < 1.29 is 46.3 Å². The van der Waals surface area contributed by atoms with Crippen LogP contribution in [-0.4, -0.2) is 72.7 Å². The van der Waals surface area contributed by atoms with E-state index in [2.05, 4.69) is 15.6 Å². The Kier molecular flexibility index (Phi) is 13.3. The molecule has 3 N–H and O–H groups in total. The number of aliphatic hydroxyl groups is 1. The largest absolute Gasteiger partial charge is 0.474 e. The fourth-order valence-corrected chi connectivity index (χ4v) is 5.37. The van der Waals surface area contributed by atoms with Crippen LogP contribution in [-0.2, 0) is 29.4 Å². The third-order valence-electron chi connectivity index (χ3n) is 6.19. The van der Waals surface area contributed by atoms with Crippen molar-refractivity contribution in [2.45, 2.75) is 39.0 Å². The molecule has 0 aliphatic rings. The summed E-state index contributed by atoms with van der Waals surface area (Å²) in [5.74, 6) is -1.00. The molecule has 240 valence electrons. The maximum atomic E-state index is 13.8. The van der Waals surface area contributed by atoms with Crippen molar-refractivity contribution >= 4 is 48.1 Å². The van der Waals surface area contributed by atoms with Gasteiger partial charge >= 0.3 is 19.9 Å². The highest BCUT2D eigenvalue weighted by molar-refractivity contribution is 7.48. The molecule has 0 saturated heterocycles. The lowest BCUT2D eigenvalue weighted by atomic mass is 10.1. The second kappa shape index (κ2) is 16.6. The summed E-state index contributed by atoms with van der Waals surface area (Å²) in [7, 11) is -2.53. The quantitative estimate of drug-likeness (QED) is 0.170. The fraction of sp³-hybridized carbons (Fsp3) is 0.393. The molecule has 0 aliphatic carbocycles. The van der Waals surface area contributed by atoms with Gasteiger partial charge < -0.3 is 20.1 Å². The first-order chi connectivity index (χ1) is 20.9. The molecule has 12 nitrogen and oxygen atoms in total. The van der Waals surface area contributed by atoms with E-state index in [0.717, 1.165) is 0 Å². The van der Waals surface area contributed by atoms with E-state index >= 15 is 0 Å². The van der Waals surface area contributed by atoms with Crippen LogP contribution in [0.5, 0.6) is 0 Å². The van der Waals surface area contributed by atoms with Crippen molar-refractivity contribution in [2.75, 3.05) is 38.8 Å². The number of amides is 3. The number of aromatic nitrogens is 1. The van der Waals surface area contributed by atoms with Crippen molar-refractivity contribution in [3.05, 3.63) is 70.9 Å². The van der Waals surface area contributed by atoms with Gasteiger partial charge in [-0.2, -0.15) is 0 Å². The Bertz CT molecular complexity index is 1480. The van der Waals surface area contributed by atoms with Crippen LogP contribution in [0.4, 0.5) is 24.2 Å². The number of fused-ring (bicyclic) bond motifs is 1. The number of hydrogen-bond acceptors (Lipinski definition) is 9. The number of nitrogens with one attached hydrogen (secondary N) is 2. The Morgan fingerprint density at radius 2 is 1.80 bits per heavy atom. The zero-order valence-electron chi connectivity index (χ0n) is 24.3. The Morgan fingerprint density at radius 1 is 1.07 bits per heavy atom. The van der Waals surface area contributed by atoms with E-state index in [1.165, 1.54) is 48.5 Å². The molecule has 2 aromatic carbocycles.